The number of carbonyl (C=O) groups is 1. The molecule has 1 aromatic rings. The number of hydrogen-bond acceptors (Lipinski definition) is 6. The highest BCUT2D eigenvalue weighted by Gasteiger charge is 2.09. The van der Waals surface area contributed by atoms with Gasteiger partial charge in [0.2, 0.25) is 5.91 Å². The number of amides is 1. The van der Waals surface area contributed by atoms with Gasteiger partial charge in [-0.3, -0.25) is 9.69 Å². The number of nitrogens with one attached hydrogen (secondary N) is 2. The molecule has 1 aliphatic rings. The van der Waals surface area contributed by atoms with E-state index in [1.54, 1.807) is 6.20 Å². The van der Waals surface area contributed by atoms with E-state index in [1.807, 2.05) is 12.1 Å². The second kappa shape index (κ2) is 9.34. The van der Waals surface area contributed by atoms with Crippen molar-refractivity contribution in [1.29, 1.82) is 0 Å². The minimum Gasteiger partial charge on any atom is -0.379 e. The Hall–Kier alpha value is -1.70. The van der Waals surface area contributed by atoms with Crippen LogP contribution in [0.3, 0.4) is 0 Å². The summed E-state index contributed by atoms with van der Waals surface area (Å²) in [4.78, 5) is 18.1. The summed E-state index contributed by atoms with van der Waals surface area (Å²) in [5.74, 6) is 0.731. The van der Waals surface area contributed by atoms with E-state index in [-0.39, 0.29) is 5.91 Å². The number of nitrogens with zero attached hydrogens (tertiary/aromatic N) is 2. The van der Waals surface area contributed by atoms with Gasteiger partial charge in [-0.15, -0.1) is 0 Å². The fourth-order valence-electron chi connectivity index (χ4n) is 2.27. The molecule has 0 aromatic carbocycles. The Kier molecular flexibility index (Phi) is 7.08. The molecular formula is C15H25N5O2. The molecule has 0 aliphatic carbocycles. The van der Waals surface area contributed by atoms with Crippen molar-refractivity contribution in [2.75, 3.05) is 56.6 Å². The lowest BCUT2D eigenvalue weighted by Gasteiger charge is -2.26. The van der Waals surface area contributed by atoms with E-state index in [9.17, 15) is 4.79 Å². The minimum absolute atomic E-state index is 0.0875. The fourth-order valence-corrected chi connectivity index (χ4v) is 2.27. The van der Waals surface area contributed by atoms with Crippen LogP contribution in [-0.2, 0) is 9.53 Å². The van der Waals surface area contributed by atoms with Crippen LogP contribution in [0.25, 0.3) is 0 Å². The number of nitrogens with two attached hydrogens (primary N) is 1. The second-order valence-electron chi connectivity index (χ2n) is 5.25. The summed E-state index contributed by atoms with van der Waals surface area (Å²) >= 11 is 0. The monoisotopic (exact) mass is 307 g/mol. The van der Waals surface area contributed by atoms with Crippen LogP contribution in [0.5, 0.6) is 0 Å². The number of pyridine rings is 1. The molecule has 1 aliphatic heterocycles. The Morgan fingerprint density at radius 3 is 2.86 bits per heavy atom. The number of hydrogen-bond donors (Lipinski definition) is 3. The van der Waals surface area contributed by atoms with Crippen LogP contribution in [0.2, 0.25) is 0 Å². The molecule has 1 saturated heterocycles. The third-order valence-electron chi connectivity index (χ3n) is 3.48. The van der Waals surface area contributed by atoms with Crippen molar-refractivity contribution >= 4 is 17.4 Å². The molecule has 122 valence electrons. The van der Waals surface area contributed by atoms with Gasteiger partial charge in [0.1, 0.15) is 5.82 Å². The lowest BCUT2D eigenvalue weighted by molar-refractivity contribution is -0.116. The van der Waals surface area contributed by atoms with Gasteiger partial charge in [-0.1, -0.05) is 0 Å². The van der Waals surface area contributed by atoms with Gasteiger partial charge in [-0.05, 0) is 25.1 Å². The summed E-state index contributed by atoms with van der Waals surface area (Å²) in [6, 6.07) is 3.71. The summed E-state index contributed by atoms with van der Waals surface area (Å²) in [5.41, 5.74) is 6.02. The first-order valence-corrected chi connectivity index (χ1v) is 7.78. The van der Waals surface area contributed by atoms with Crippen molar-refractivity contribution in [3.8, 4) is 0 Å². The standard InChI is InChI=1S/C15H25N5O2/c16-5-4-15(21)19-13-2-3-14(18-12-13)17-6-1-7-20-8-10-22-11-9-20/h2-3,12H,1,4-11,16H2,(H,17,18)(H,19,21). The lowest BCUT2D eigenvalue weighted by atomic mass is 10.3. The van der Waals surface area contributed by atoms with E-state index < -0.39 is 0 Å². The molecule has 2 heterocycles. The molecule has 0 bridgehead atoms. The van der Waals surface area contributed by atoms with Crippen molar-refractivity contribution in [3.05, 3.63) is 18.3 Å². The molecule has 0 atom stereocenters. The maximum atomic E-state index is 11.4. The number of aromatic nitrogens is 1. The number of morpholine rings is 1. The number of ether oxygens (including phenoxy) is 1. The highest BCUT2D eigenvalue weighted by atomic mass is 16.5. The predicted octanol–water partition coefficient (Wildman–Crippen LogP) is 0.503. The molecule has 0 saturated carbocycles. The Morgan fingerprint density at radius 1 is 1.36 bits per heavy atom. The maximum Gasteiger partial charge on any atom is 0.225 e. The molecule has 1 fully saturated rings. The van der Waals surface area contributed by atoms with E-state index in [1.165, 1.54) is 0 Å². The predicted molar refractivity (Wildman–Crippen MR) is 86.9 cm³/mol. The van der Waals surface area contributed by atoms with E-state index in [0.717, 1.165) is 51.6 Å². The second-order valence-corrected chi connectivity index (χ2v) is 5.25. The van der Waals surface area contributed by atoms with Crippen molar-refractivity contribution < 1.29 is 9.53 Å². The van der Waals surface area contributed by atoms with E-state index in [2.05, 4.69) is 20.5 Å². The van der Waals surface area contributed by atoms with E-state index >= 15 is 0 Å². The largest absolute Gasteiger partial charge is 0.379 e. The van der Waals surface area contributed by atoms with Crippen LogP contribution in [0, 0.1) is 0 Å². The minimum atomic E-state index is -0.0875. The molecule has 4 N–H and O–H groups in total. The third-order valence-corrected chi connectivity index (χ3v) is 3.48. The highest BCUT2D eigenvalue weighted by Crippen LogP contribution is 2.10. The molecule has 22 heavy (non-hydrogen) atoms. The fraction of sp³-hybridized carbons (Fsp3) is 0.600. The first-order chi connectivity index (χ1) is 10.8. The van der Waals surface area contributed by atoms with Crippen LogP contribution in [-0.4, -0.2) is 61.7 Å². The first kappa shape index (κ1) is 16.7. The van der Waals surface area contributed by atoms with E-state index in [4.69, 9.17) is 10.5 Å². The number of anilines is 2. The summed E-state index contributed by atoms with van der Waals surface area (Å²) in [6.07, 6.45) is 3.04. The maximum absolute atomic E-state index is 11.4. The normalized spacial score (nSPS) is 15.5. The van der Waals surface area contributed by atoms with Gasteiger partial charge in [-0.25, -0.2) is 4.98 Å². The molecule has 1 amide bonds. The summed E-state index contributed by atoms with van der Waals surface area (Å²) in [7, 11) is 0. The molecule has 1 aromatic heterocycles. The molecule has 2 rings (SSSR count). The summed E-state index contributed by atoms with van der Waals surface area (Å²) in [5, 5.41) is 6.04. The molecule has 7 heteroatoms. The Morgan fingerprint density at radius 2 is 2.18 bits per heavy atom. The third kappa shape index (κ3) is 5.97. The van der Waals surface area contributed by atoms with Crippen molar-refractivity contribution in [2.45, 2.75) is 12.8 Å². The Bertz CT molecular complexity index is 446. The SMILES string of the molecule is NCCC(=O)Nc1ccc(NCCCN2CCOCC2)nc1. The average Bonchev–Trinajstić information content (AvgIpc) is 2.54. The van der Waals surface area contributed by atoms with Gasteiger partial charge in [-0.2, -0.15) is 0 Å². The van der Waals surface area contributed by atoms with Crippen LogP contribution < -0.4 is 16.4 Å². The molecule has 0 radical (unpaired) electrons. The zero-order valence-electron chi connectivity index (χ0n) is 12.9. The Balaban J connectivity index is 1.64. The van der Waals surface area contributed by atoms with Crippen LogP contribution in [0.1, 0.15) is 12.8 Å². The van der Waals surface area contributed by atoms with Gasteiger partial charge in [0.05, 0.1) is 25.1 Å². The number of carbonyl (C=O) groups excluding carboxylic acids is 1. The van der Waals surface area contributed by atoms with Gasteiger partial charge in [0.25, 0.3) is 0 Å². The number of rotatable bonds is 8. The quantitative estimate of drug-likeness (QED) is 0.606. The van der Waals surface area contributed by atoms with Crippen molar-refractivity contribution in [1.82, 2.24) is 9.88 Å². The molecule has 0 unspecified atom stereocenters. The topological polar surface area (TPSA) is 92.5 Å². The summed E-state index contributed by atoms with van der Waals surface area (Å²) < 4.78 is 5.33. The summed E-state index contributed by atoms with van der Waals surface area (Å²) in [6.45, 7) is 6.03. The molecule has 7 nitrogen and oxygen atoms in total. The highest BCUT2D eigenvalue weighted by molar-refractivity contribution is 5.90. The van der Waals surface area contributed by atoms with Crippen molar-refractivity contribution in [2.24, 2.45) is 5.73 Å². The van der Waals surface area contributed by atoms with Crippen LogP contribution >= 0.6 is 0 Å². The van der Waals surface area contributed by atoms with Gasteiger partial charge in [0, 0.05) is 32.6 Å². The van der Waals surface area contributed by atoms with E-state index in [0.29, 0.717) is 18.7 Å². The smallest absolute Gasteiger partial charge is 0.225 e. The zero-order chi connectivity index (χ0) is 15.6. The van der Waals surface area contributed by atoms with Gasteiger partial charge < -0.3 is 21.1 Å². The van der Waals surface area contributed by atoms with Gasteiger partial charge >= 0.3 is 0 Å². The van der Waals surface area contributed by atoms with Crippen LogP contribution in [0.15, 0.2) is 18.3 Å². The van der Waals surface area contributed by atoms with Crippen LogP contribution in [0.4, 0.5) is 11.5 Å². The van der Waals surface area contributed by atoms with Crippen molar-refractivity contribution in [3.63, 3.8) is 0 Å². The first-order valence-electron chi connectivity index (χ1n) is 7.78. The molecular weight excluding hydrogens is 282 g/mol. The Labute approximate surface area is 131 Å². The average molecular weight is 307 g/mol. The molecule has 0 spiro atoms. The zero-order valence-corrected chi connectivity index (χ0v) is 12.9. The lowest BCUT2D eigenvalue weighted by Crippen LogP contribution is -2.37. The van der Waals surface area contributed by atoms with Gasteiger partial charge in [0.15, 0.2) is 0 Å².